The summed E-state index contributed by atoms with van der Waals surface area (Å²) in [6.07, 6.45) is 3.69. The molecule has 2 aromatic rings. The lowest BCUT2D eigenvalue weighted by Gasteiger charge is -2.14. The molecule has 1 heterocycles. The van der Waals surface area contributed by atoms with Crippen molar-refractivity contribution in [3.8, 4) is 6.07 Å². The maximum Gasteiger partial charge on any atom is 0.261 e. The van der Waals surface area contributed by atoms with Crippen LogP contribution in [0.5, 0.6) is 0 Å². The molecule has 0 saturated heterocycles. The first-order valence-corrected chi connectivity index (χ1v) is 7.26. The molecule has 0 fully saturated rings. The van der Waals surface area contributed by atoms with Crippen LogP contribution in [0.2, 0.25) is 0 Å². The van der Waals surface area contributed by atoms with Crippen LogP contribution < -0.4 is 0 Å². The molecule has 23 heavy (non-hydrogen) atoms. The van der Waals surface area contributed by atoms with E-state index in [2.05, 4.69) is 6.07 Å². The van der Waals surface area contributed by atoms with Gasteiger partial charge >= 0.3 is 0 Å². The second kappa shape index (κ2) is 5.90. The summed E-state index contributed by atoms with van der Waals surface area (Å²) in [5.41, 5.74) is 3.05. The number of rotatable bonds is 3. The Morgan fingerprint density at radius 3 is 2.30 bits per heavy atom. The Kier molecular flexibility index (Phi) is 3.78. The number of hydrogen-bond donors (Lipinski definition) is 0. The third-order valence-electron chi connectivity index (χ3n) is 3.80. The van der Waals surface area contributed by atoms with Crippen molar-refractivity contribution < 1.29 is 9.59 Å². The van der Waals surface area contributed by atoms with Gasteiger partial charge in [0, 0.05) is 0 Å². The Balaban J connectivity index is 1.92. The molecule has 4 nitrogen and oxygen atoms in total. The molecule has 0 spiro atoms. The number of carbonyl (C=O) groups excluding carboxylic acids is 2. The van der Waals surface area contributed by atoms with Gasteiger partial charge in [-0.05, 0) is 42.3 Å². The fourth-order valence-corrected chi connectivity index (χ4v) is 2.70. The third kappa shape index (κ3) is 2.53. The van der Waals surface area contributed by atoms with Gasteiger partial charge in [-0.3, -0.25) is 14.5 Å². The summed E-state index contributed by atoms with van der Waals surface area (Å²) in [7, 11) is 0. The zero-order valence-corrected chi connectivity index (χ0v) is 12.6. The number of nitriles is 1. The standard InChI is InChI=1S/C19H14N2O2/c1-2-5-14-10-13(8-9-15(14)11-20)12-21-18(22)16-6-3-4-7-17(16)19(21)23/h2-10H,12H2,1H3. The van der Waals surface area contributed by atoms with Gasteiger partial charge in [0.05, 0.1) is 29.3 Å². The van der Waals surface area contributed by atoms with Crippen LogP contribution in [0.4, 0.5) is 0 Å². The average molecular weight is 302 g/mol. The summed E-state index contributed by atoms with van der Waals surface area (Å²) in [4.78, 5) is 26.0. The molecule has 2 aromatic carbocycles. The zero-order chi connectivity index (χ0) is 16.4. The van der Waals surface area contributed by atoms with Crippen LogP contribution in [-0.4, -0.2) is 16.7 Å². The smallest absolute Gasteiger partial charge is 0.261 e. The topological polar surface area (TPSA) is 61.2 Å². The van der Waals surface area contributed by atoms with E-state index in [1.165, 1.54) is 4.90 Å². The van der Waals surface area contributed by atoms with Gasteiger partial charge in [0.1, 0.15) is 0 Å². The molecule has 0 bridgehead atoms. The summed E-state index contributed by atoms with van der Waals surface area (Å²) >= 11 is 0. The van der Waals surface area contributed by atoms with E-state index in [0.717, 1.165) is 11.1 Å². The lowest BCUT2D eigenvalue weighted by Crippen LogP contribution is -2.29. The maximum absolute atomic E-state index is 12.4. The fraction of sp³-hybridized carbons (Fsp3) is 0.105. The summed E-state index contributed by atoms with van der Waals surface area (Å²) in [5, 5.41) is 9.12. The molecule has 4 heteroatoms. The summed E-state index contributed by atoms with van der Waals surface area (Å²) in [6, 6.07) is 14.3. The molecule has 0 atom stereocenters. The van der Waals surface area contributed by atoms with Crippen LogP contribution in [0.25, 0.3) is 6.08 Å². The van der Waals surface area contributed by atoms with Gasteiger partial charge < -0.3 is 0 Å². The van der Waals surface area contributed by atoms with Gasteiger partial charge in [0.2, 0.25) is 0 Å². The van der Waals surface area contributed by atoms with Gasteiger partial charge in [-0.1, -0.05) is 30.4 Å². The number of nitrogens with zero attached hydrogens (tertiary/aromatic N) is 2. The van der Waals surface area contributed by atoms with Gasteiger partial charge in [0.15, 0.2) is 0 Å². The Hall–Kier alpha value is -3.19. The van der Waals surface area contributed by atoms with Crippen LogP contribution in [-0.2, 0) is 6.54 Å². The van der Waals surface area contributed by atoms with E-state index in [0.29, 0.717) is 16.7 Å². The van der Waals surface area contributed by atoms with Crippen molar-refractivity contribution in [1.29, 1.82) is 5.26 Å². The number of fused-ring (bicyclic) bond motifs is 1. The monoisotopic (exact) mass is 302 g/mol. The largest absolute Gasteiger partial charge is 0.270 e. The predicted molar refractivity (Wildman–Crippen MR) is 86.5 cm³/mol. The molecule has 0 aliphatic carbocycles. The van der Waals surface area contributed by atoms with Gasteiger partial charge in [0.25, 0.3) is 11.8 Å². The first kappa shape index (κ1) is 14.7. The summed E-state index contributed by atoms with van der Waals surface area (Å²) in [5.74, 6) is -0.551. The fourth-order valence-electron chi connectivity index (χ4n) is 2.70. The Morgan fingerprint density at radius 2 is 1.74 bits per heavy atom. The molecule has 0 saturated carbocycles. The van der Waals surface area contributed by atoms with E-state index in [4.69, 9.17) is 5.26 Å². The summed E-state index contributed by atoms with van der Waals surface area (Å²) in [6.45, 7) is 2.07. The molecular weight excluding hydrogens is 288 g/mol. The average Bonchev–Trinajstić information content (AvgIpc) is 2.81. The van der Waals surface area contributed by atoms with E-state index in [-0.39, 0.29) is 18.4 Å². The molecule has 0 N–H and O–H groups in total. The molecule has 2 amide bonds. The van der Waals surface area contributed by atoms with Crippen molar-refractivity contribution in [3.05, 3.63) is 76.4 Å². The predicted octanol–water partition coefficient (Wildman–Crippen LogP) is 3.39. The second-order valence-corrected chi connectivity index (χ2v) is 5.28. The Labute approximate surface area is 134 Å². The third-order valence-corrected chi connectivity index (χ3v) is 3.80. The molecule has 1 aliphatic rings. The SMILES string of the molecule is CC=Cc1cc(CN2C(=O)c3ccccc3C2=O)ccc1C#N. The number of imide groups is 1. The lowest BCUT2D eigenvalue weighted by molar-refractivity contribution is 0.0642. The molecule has 0 aromatic heterocycles. The van der Waals surface area contributed by atoms with Crippen LogP contribution in [0.3, 0.4) is 0 Å². The zero-order valence-electron chi connectivity index (χ0n) is 12.6. The quantitative estimate of drug-likeness (QED) is 0.816. The lowest BCUT2D eigenvalue weighted by atomic mass is 10.0. The molecular formula is C19H14N2O2. The van der Waals surface area contributed by atoms with Crippen molar-refractivity contribution >= 4 is 17.9 Å². The number of hydrogen-bond acceptors (Lipinski definition) is 3. The van der Waals surface area contributed by atoms with E-state index < -0.39 is 0 Å². The Bertz CT molecular complexity index is 840. The Morgan fingerprint density at radius 1 is 1.09 bits per heavy atom. The van der Waals surface area contributed by atoms with Crippen LogP contribution in [0.1, 0.15) is 44.3 Å². The number of benzene rings is 2. The number of carbonyl (C=O) groups is 2. The minimum atomic E-state index is -0.275. The van der Waals surface area contributed by atoms with Crippen molar-refractivity contribution in [3.63, 3.8) is 0 Å². The first-order chi connectivity index (χ1) is 11.2. The van der Waals surface area contributed by atoms with Gasteiger partial charge in [-0.2, -0.15) is 5.26 Å². The first-order valence-electron chi connectivity index (χ1n) is 7.26. The van der Waals surface area contributed by atoms with Crippen LogP contribution in [0, 0.1) is 11.3 Å². The van der Waals surface area contributed by atoms with E-state index in [9.17, 15) is 9.59 Å². The second-order valence-electron chi connectivity index (χ2n) is 5.28. The van der Waals surface area contributed by atoms with E-state index in [1.807, 2.05) is 25.1 Å². The van der Waals surface area contributed by atoms with Gasteiger partial charge in [-0.15, -0.1) is 0 Å². The minimum absolute atomic E-state index is 0.197. The highest BCUT2D eigenvalue weighted by molar-refractivity contribution is 6.21. The highest BCUT2D eigenvalue weighted by Gasteiger charge is 2.34. The molecule has 1 aliphatic heterocycles. The van der Waals surface area contributed by atoms with Crippen LogP contribution >= 0.6 is 0 Å². The highest BCUT2D eigenvalue weighted by atomic mass is 16.2. The molecule has 0 unspecified atom stereocenters. The molecule has 3 rings (SSSR count). The van der Waals surface area contributed by atoms with Crippen LogP contribution in [0.15, 0.2) is 48.5 Å². The number of allylic oxidation sites excluding steroid dienone is 1. The van der Waals surface area contributed by atoms with Crippen molar-refractivity contribution in [2.45, 2.75) is 13.5 Å². The summed E-state index contributed by atoms with van der Waals surface area (Å²) < 4.78 is 0. The van der Waals surface area contributed by atoms with E-state index >= 15 is 0 Å². The normalized spacial score (nSPS) is 13.5. The van der Waals surface area contributed by atoms with Gasteiger partial charge in [-0.25, -0.2) is 0 Å². The molecule has 0 radical (unpaired) electrons. The van der Waals surface area contributed by atoms with E-state index in [1.54, 1.807) is 36.4 Å². The highest BCUT2D eigenvalue weighted by Crippen LogP contribution is 2.25. The van der Waals surface area contributed by atoms with Crippen molar-refractivity contribution in [2.75, 3.05) is 0 Å². The van der Waals surface area contributed by atoms with Crippen molar-refractivity contribution in [1.82, 2.24) is 4.90 Å². The maximum atomic E-state index is 12.4. The van der Waals surface area contributed by atoms with Crippen molar-refractivity contribution in [2.24, 2.45) is 0 Å². The minimum Gasteiger partial charge on any atom is -0.270 e. The number of amides is 2. The molecule has 112 valence electrons.